The highest BCUT2D eigenvalue weighted by atomic mass is 16.5. The molecular weight excluding hydrogens is 266 g/mol. The number of benzene rings is 1. The molecule has 0 aliphatic rings. The van der Waals surface area contributed by atoms with E-state index in [2.05, 4.69) is 9.97 Å². The number of hydrogen-bond donors (Lipinski definition) is 1. The molecule has 5 nitrogen and oxygen atoms in total. The summed E-state index contributed by atoms with van der Waals surface area (Å²) in [5.74, 6) is 0.694. The van der Waals surface area contributed by atoms with E-state index in [1.807, 2.05) is 45.0 Å². The molecule has 0 aliphatic carbocycles. The number of nitrogen functional groups attached to an aromatic ring is 1. The highest BCUT2D eigenvalue weighted by Gasteiger charge is 2.09. The van der Waals surface area contributed by atoms with Crippen molar-refractivity contribution in [1.29, 1.82) is 0 Å². The minimum atomic E-state index is 0.0390. The third-order valence-corrected chi connectivity index (χ3v) is 3.11. The van der Waals surface area contributed by atoms with Crippen LogP contribution in [-0.4, -0.2) is 23.2 Å². The van der Waals surface area contributed by atoms with Gasteiger partial charge in [0, 0.05) is 18.7 Å². The van der Waals surface area contributed by atoms with E-state index in [9.17, 15) is 0 Å². The van der Waals surface area contributed by atoms with Crippen LogP contribution in [0.2, 0.25) is 0 Å². The van der Waals surface area contributed by atoms with Gasteiger partial charge in [0.05, 0.1) is 17.9 Å². The summed E-state index contributed by atoms with van der Waals surface area (Å²) in [7, 11) is 1.69. The van der Waals surface area contributed by atoms with Crippen molar-refractivity contribution in [3.63, 3.8) is 0 Å². The third-order valence-electron chi connectivity index (χ3n) is 3.11. The number of ether oxygens (including phenoxy) is 2. The summed E-state index contributed by atoms with van der Waals surface area (Å²) in [5.41, 5.74) is 8.57. The molecule has 0 saturated heterocycles. The maximum absolute atomic E-state index is 5.75. The highest BCUT2D eigenvalue weighted by molar-refractivity contribution is 5.61. The van der Waals surface area contributed by atoms with Crippen LogP contribution in [-0.2, 0) is 4.74 Å². The highest BCUT2D eigenvalue weighted by Crippen LogP contribution is 2.24. The number of nitrogens with two attached hydrogens (primary N) is 1. The minimum absolute atomic E-state index is 0.0390. The van der Waals surface area contributed by atoms with Gasteiger partial charge in [0.15, 0.2) is 0 Å². The first-order chi connectivity index (χ1) is 9.99. The van der Waals surface area contributed by atoms with Crippen molar-refractivity contribution >= 4 is 5.95 Å². The van der Waals surface area contributed by atoms with Crippen molar-refractivity contribution in [2.75, 3.05) is 12.8 Å². The molecular formula is C16H21N3O2. The summed E-state index contributed by atoms with van der Waals surface area (Å²) < 4.78 is 10.9. The van der Waals surface area contributed by atoms with Gasteiger partial charge in [0.25, 0.3) is 0 Å². The summed E-state index contributed by atoms with van der Waals surface area (Å²) >= 11 is 0. The Morgan fingerprint density at radius 2 is 1.71 bits per heavy atom. The first-order valence-corrected chi connectivity index (χ1v) is 6.94. The standard InChI is InChI=1S/C16H21N3O2/c1-10(2)21-15-9-14(18-16(17)19-15)13-7-5-12(6-8-13)11(3)20-4/h5-11H,1-4H3,(H2,17,18,19)/t11-/m0/s1. The maximum Gasteiger partial charge on any atom is 0.223 e. The summed E-state index contributed by atoms with van der Waals surface area (Å²) in [6.07, 6.45) is 0.103. The van der Waals surface area contributed by atoms with Crippen LogP contribution in [0, 0.1) is 0 Å². The molecule has 0 saturated carbocycles. The Kier molecular flexibility index (Phi) is 4.75. The van der Waals surface area contributed by atoms with Crippen LogP contribution in [0.25, 0.3) is 11.3 Å². The van der Waals surface area contributed by atoms with E-state index >= 15 is 0 Å². The van der Waals surface area contributed by atoms with Crippen molar-refractivity contribution in [2.24, 2.45) is 0 Å². The van der Waals surface area contributed by atoms with Crippen LogP contribution in [0.1, 0.15) is 32.4 Å². The molecule has 0 bridgehead atoms. The van der Waals surface area contributed by atoms with Crippen molar-refractivity contribution < 1.29 is 9.47 Å². The largest absolute Gasteiger partial charge is 0.475 e. The fourth-order valence-electron chi connectivity index (χ4n) is 1.95. The van der Waals surface area contributed by atoms with Crippen LogP contribution >= 0.6 is 0 Å². The van der Waals surface area contributed by atoms with Crippen LogP contribution in [0.5, 0.6) is 5.88 Å². The molecule has 0 unspecified atom stereocenters. The summed E-state index contributed by atoms with van der Waals surface area (Å²) in [5, 5.41) is 0. The topological polar surface area (TPSA) is 70.3 Å². The van der Waals surface area contributed by atoms with Gasteiger partial charge in [-0.1, -0.05) is 24.3 Å². The molecule has 1 aromatic carbocycles. The second-order valence-electron chi connectivity index (χ2n) is 5.12. The Hall–Kier alpha value is -2.14. The predicted octanol–water partition coefficient (Wildman–Crippen LogP) is 3.22. The van der Waals surface area contributed by atoms with E-state index in [0.717, 1.165) is 16.8 Å². The summed E-state index contributed by atoms with van der Waals surface area (Å²) in [6, 6.07) is 9.82. The fraction of sp³-hybridized carbons (Fsp3) is 0.375. The van der Waals surface area contributed by atoms with Gasteiger partial charge in [-0.15, -0.1) is 0 Å². The molecule has 0 radical (unpaired) electrons. The molecule has 2 N–H and O–H groups in total. The van der Waals surface area contributed by atoms with E-state index in [0.29, 0.717) is 5.88 Å². The minimum Gasteiger partial charge on any atom is -0.475 e. The van der Waals surface area contributed by atoms with E-state index in [-0.39, 0.29) is 18.2 Å². The number of methoxy groups -OCH3 is 1. The molecule has 0 fully saturated rings. The Labute approximate surface area is 125 Å². The van der Waals surface area contributed by atoms with Gasteiger partial charge in [-0.25, -0.2) is 4.98 Å². The van der Waals surface area contributed by atoms with Gasteiger partial charge in [-0.2, -0.15) is 4.98 Å². The quantitative estimate of drug-likeness (QED) is 0.914. The second kappa shape index (κ2) is 6.54. The van der Waals surface area contributed by atoms with Gasteiger partial charge >= 0.3 is 0 Å². The number of nitrogens with zero attached hydrogens (tertiary/aromatic N) is 2. The Balaban J connectivity index is 2.30. The van der Waals surface area contributed by atoms with E-state index in [4.69, 9.17) is 15.2 Å². The average molecular weight is 287 g/mol. The molecule has 2 aromatic rings. The lowest BCUT2D eigenvalue weighted by Crippen LogP contribution is -2.08. The lowest BCUT2D eigenvalue weighted by molar-refractivity contribution is 0.119. The normalized spacial score (nSPS) is 12.4. The molecule has 5 heteroatoms. The van der Waals surface area contributed by atoms with Crippen LogP contribution < -0.4 is 10.5 Å². The smallest absolute Gasteiger partial charge is 0.223 e. The fourth-order valence-corrected chi connectivity index (χ4v) is 1.95. The second-order valence-corrected chi connectivity index (χ2v) is 5.12. The molecule has 1 heterocycles. The molecule has 112 valence electrons. The van der Waals surface area contributed by atoms with Gasteiger partial charge in [-0.05, 0) is 26.3 Å². The molecule has 21 heavy (non-hydrogen) atoms. The average Bonchev–Trinajstić information content (AvgIpc) is 2.45. The summed E-state index contributed by atoms with van der Waals surface area (Å²) in [6.45, 7) is 5.89. The molecule has 1 atom stereocenters. The molecule has 1 aromatic heterocycles. The molecule has 2 rings (SSSR count). The lowest BCUT2D eigenvalue weighted by atomic mass is 10.1. The Morgan fingerprint density at radius 1 is 1.05 bits per heavy atom. The zero-order valence-corrected chi connectivity index (χ0v) is 12.8. The van der Waals surface area contributed by atoms with E-state index in [1.54, 1.807) is 13.2 Å². The van der Waals surface area contributed by atoms with Crippen molar-refractivity contribution in [3.05, 3.63) is 35.9 Å². The van der Waals surface area contributed by atoms with Gasteiger partial charge < -0.3 is 15.2 Å². The predicted molar refractivity (Wildman–Crippen MR) is 83.1 cm³/mol. The van der Waals surface area contributed by atoms with Crippen molar-refractivity contribution in [2.45, 2.75) is 33.0 Å². The monoisotopic (exact) mass is 287 g/mol. The third kappa shape index (κ3) is 3.92. The van der Waals surface area contributed by atoms with Crippen molar-refractivity contribution in [1.82, 2.24) is 9.97 Å². The summed E-state index contributed by atoms with van der Waals surface area (Å²) in [4.78, 5) is 8.34. The van der Waals surface area contributed by atoms with Crippen LogP contribution in [0.15, 0.2) is 30.3 Å². The van der Waals surface area contributed by atoms with Crippen LogP contribution in [0.4, 0.5) is 5.95 Å². The first kappa shape index (κ1) is 15.3. The van der Waals surface area contributed by atoms with E-state index < -0.39 is 0 Å². The Morgan fingerprint density at radius 3 is 2.29 bits per heavy atom. The lowest BCUT2D eigenvalue weighted by Gasteiger charge is -2.12. The zero-order chi connectivity index (χ0) is 15.4. The number of rotatable bonds is 5. The van der Waals surface area contributed by atoms with Gasteiger partial charge in [-0.3, -0.25) is 0 Å². The van der Waals surface area contributed by atoms with Crippen LogP contribution in [0.3, 0.4) is 0 Å². The first-order valence-electron chi connectivity index (χ1n) is 6.94. The SMILES string of the molecule is CO[C@@H](C)c1ccc(-c2cc(OC(C)C)nc(N)n2)cc1. The molecule has 0 spiro atoms. The van der Waals surface area contributed by atoms with Gasteiger partial charge in [0.2, 0.25) is 11.8 Å². The maximum atomic E-state index is 5.75. The Bertz CT molecular complexity index is 597. The number of anilines is 1. The number of aromatic nitrogens is 2. The number of hydrogen-bond acceptors (Lipinski definition) is 5. The van der Waals surface area contributed by atoms with Crippen molar-refractivity contribution in [3.8, 4) is 17.1 Å². The van der Waals surface area contributed by atoms with Gasteiger partial charge in [0.1, 0.15) is 0 Å². The van der Waals surface area contributed by atoms with E-state index in [1.165, 1.54) is 0 Å². The molecule has 0 amide bonds. The molecule has 0 aliphatic heterocycles. The zero-order valence-electron chi connectivity index (χ0n) is 12.8.